The van der Waals surface area contributed by atoms with Crippen LogP contribution in [0.25, 0.3) is 0 Å². The van der Waals surface area contributed by atoms with Crippen molar-refractivity contribution in [1.82, 2.24) is 9.80 Å². The highest BCUT2D eigenvalue weighted by atomic mass is 32.2. The molecule has 0 N–H and O–H groups in total. The Bertz CT molecular complexity index is 427. The molecule has 2 rings (SSSR count). The first-order valence-electron chi connectivity index (χ1n) is 5.12. The number of amides is 2. The molecule has 0 atom stereocenters. The van der Waals surface area contributed by atoms with Crippen molar-refractivity contribution in [2.45, 2.75) is 18.9 Å². The van der Waals surface area contributed by atoms with Crippen LogP contribution in [0.1, 0.15) is 12.8 Å². The van der Waals surface area contributed by atoms with Crippen LogP contribution in [0, 0.1) is 0 Å². The van der Waals surface area contributed by atoms with Gasteiger partial charge in [0.15, 0.2) is 9.84 Å². The van der Waals surface area contributed by atoms with Crippen LogP contribution in [0.2, 0.25) is 0 Å². The molecule has 2 fully saturated rings. The molecule has 1 saturated carbocycles. The monoisotopic (exact) mass is 246 g/mol. The van der Waals surface area contributed by atoms with Crippen molar-refractivity contribution in [3.05, 3.63) is 0 Å². The second kappa shape index (κ2) is 3.73. The van der Waals surface area contributed by atoms with Crippen molar-refractivity contribution >= 4 is 21.7 Å². The standard InChI is InChI=1S/C9H14N2O4S/c1-16(14,15)5-9(13)10-4-8(12)11(6-10)7-2-3-7/h7H,2-6H2,1H3. The van der Waals surface area contributed by atoms with E-state index >= 15 is 0 Å². The highest BCUT2D eigenvalue weighted by Gasteiger charge is 2.40. The molecule has 0 bridgehead atoms. The Morgan fingerprint density at radius 1 is 1.44 bits per heavy atom. The van der Waals surface area contributed by atoms with Gasteiger partial charge >= 0.3 is 0 Å². The summed E-state index contributed by atoms with van der Waals surface area (Å²) in [6, 6.07) is 0.267. The minimum atomic E-state index is -3.32. The van der Waals surface area contributed by atoms with Crippen LogP contribution < -0.4 is 0 Å². The van der Waals surface area contributed by atoms with Gasteiger partial charge in [-0.2, -0.15) is 0 Å². The molecule has 7 heteroatoms. The average molecular weight is 246 g/mol. The Kier molecular flexibility index (Phi) is 2.65. The van der Waals surface area contributed by atoms with Crippen LogP contribution in [0.3, 0.4) is 0 Å². The zero-order chi connectivity index (χ0) is 11.9. The lowest BCUT2D eigenvalue weighted by Crippen LogP contribution is -2.35. The highest BCUT2D eigenvalue weighted by molar-refractivity contribution is 7.91. The van der Waals surface area contributed by atoms with Crippen molar-refractivity contribution in [1.29, 1.82) is 0 Å². The Labute approximate surface area is 94.1 Å². The van der Waals surface area contributed by atoms with Crippen LogP contribution >= 0.6 is 0 Å². The lowest BCUT2D eigenvalue weighted by molar-refractivity contribution is -0.129. The third-order valence-electron chi connectivity index (χ3n) is 2.70. The SMILES string of the molecule is CS(=O)(=O)CC(=O)N1CC(=O)N(C2CC2)C1. The van der Waals surface area contributed by atoms with E-state index in [0.29, 0.717) is 0 Å². The third-order valence-corrected chi connectivity index (χ3v) is 3.47. The molecular weight excluding hydrogens is 232 g/mol. The molecule has 0 spiro atoms. The number of carbonyl (C=O) groups excluding carboxylic acids is 2. The fraction of sp³-hybridized carbons (Fsp3) is 0.778. The number of hydrogen-bond acceptors (Lipinski definition) is 4. The molecule has 1 heterocycles. The molecule has 1 aliphatic carbocycles. The van der Waals surface area contributed by atoms with Crippen LogP contribution in [-0.2, 0) is 19.4 Å². The zero-order valence-corrected chi connectivity index (χ0v) is 9.87. The maximum atomic E-state index is 11.6. The molecule has 2 amide bonds. The molecule has 1 aliphatic heterocycles. The van der Waals surface area contributed by atoms with Crippen molar-refractivity contribution < 1.29 is 18.0 Å². The smallest absolute Gasteiger partial charge is 0.243 e. The molecule has 0 unspecified atom stereocenters. The Morgan fingerprint density at radius 3 is 2.56 bits per heavy atom. The van der Waals surface area contributed by atoms with Crippen molar-refractivity contribution in [2.24, 2.45) is 0 Å². The fourth-order valence-electron chi connectivity index (χ4n) is 1.75. The van der Waals surface area contributed by atoms with Crippen LogP contribution in [-0.4, -0.2) is 61.3 Å². The van der Waals surface area contributed by atoms with Gasteiger partial charge in [-0.1, -0.05) is 0 Å². The average Bonchev–Trinajstić information content (AvgIpc) is 2.87. The molecule has 90 valence electrons. The first kappa shape index (κ1) is 11.4. The van der Waals surface area contributed by atoms with E-state index in [4.69, 9.17) is 0 Å². The van der Waals surface area contributed by atoms with Crippen molar-refractivity contribution in [3.63, 3.8) is 0 Å². The topological polar surface area (TPSA) is 74.8 Å². The van der Waals surface area contributed by atoms with Crippen LogP contribution in [0.4, 0.5) is 0 Å². The summed E-state index contributed by atoms with van der Waals surface area (Å²) in [6.45, 7) is 0.267. The Hall–Kier alpha value is -1.11. The quantitative estimate of drug-likeness (QED) is 0.628. The van der Waals surface area contributed by atoms with Gasteiger partial charge in [0.25, 0.3) is 0 Å². The van der Waals surface area contributed by atoms with Crippen LogP contribution in [0.5, 0.6) is 0 Å². The van der Waals surface area contributed by atoms with Gasteiger partial charge in [0, 0.05) is 12.3 Å². The largest absolute Gasteiger partial charge is 0.320 e. The summed E-state index contributed by atoms with van der Waals surface area (Å²) < 4.78 is 21.9. The summed E-state index contributed by atoms with van der Waals surface area (Å²) in [5.74, 6) is -1.08. The van der Waals surface area contributed by atoms with Gasteiger partial charge in [-0.15, -0.1) is 0 Å². The predicted octanol–water partition coefficient (Wildman–Crippen LogP) is -1.18. The number of carbonyl (C=O) groups is 2. The summed E-state index contributed by atoms with van der Waals surface area (Å²) in [4.78, 5) is 26.0. The van der Waals surface area contributed by atoms with E-state index in [2.05, 4.69) is 0 Å². The lowest BCUT2D eigenvalue weighted by atomic mass is 10.5. The number of nitrogens with zero attached hydrogens (tertiary/aromatic N) is 2. The summed E-state index contributed by atoms with van der Waals surface area (Å²) in [7, 11) is -3.32. The number of rotatable bonds is 3. The van der Waals surface area contributed by atoms with Gasteiger partial charge in [-0.05, 0) is 12.8 Å². The zero-order valence-electron chi connectivity index (χ0n) is 9.05. The summed E-state index contributed by atoms with van der Waals surface area (Å²) in [5.41, 5.74) is 0. The van der Waals surface area contributed by atoms with E-state index in [1.807, 2.05) is 0 Å². The second-order valence-electron chi connectivity index (χ2n) is 4.40. The lowest BCUT2D eigenvalue weighted by Gasteiger charge is -2.17. The van der Waals surface area contributed by atoms with E-state index in [0.717, 1.165) is 19.1 Å². The first-order chi connectivity index (χ1) is 7.37. The van der Waals surface area contributed by atoms with E-state index in [9.17, 15) is 18.0 Å². The normalized spacial score (nSPS) is 21.7. The molecule has 0 aromatic heterocycles. The molecular formula is C9H14N2O4S. The third kappa shape index (κ3) is 2.52. The second-order valence-corrected chi connectivity index (χ2v) is 6.54. The molecule has 2 aliphatic rings. The molecule has 1 saturated heterocycles. The summed E-state index contributed by atoms with van der Waals surface area (Å²) in [6.07, 6.45) is 2.99. The van der Waals surface area contributed by atoms with Gasteiger partial charge < -0.3 is 9.80 Å². The predicted molar refractivity (Wildman–Crippen MR) is 56.2 cm³/mol. The number of hydrogen-bond donors (Lipinski definition) is 0. The van der Waals surface area contributed by atoms with E-state index in [-0.39, 0.29) is 25.2 Å². The maximum absolute atomic E-state index is 11.6. The van der Waals surface area contributed by atoms with Gasteiger partial charge in [-0.3, -0.25) is 9.59 Å². The molecule has 16 heavy (non-hydrogen) atoms. The fourth-order valence-corrected chi connectivity index (χ4v) is 2.39. The summed E-state index contributed by atoms with van der Waals surface area (Å²) >= 11 is 0. The van der Waals surface area contributed by atoms with Gasteiger partial charge in [0.1, 0.15) is 12.3 Å². The molecule has 0 aromatic carbocycles. The van der Waals surface area contributed by atoms with Gasteiger partial charge in [-0.25, -0.2) is 8.42 Å². The summed E-state index contributed by atoms with van der Waals surface area (Å²) in [5, 5.41) is 0. The van der Waals surface area contributed by atoms with Crippen molar-refractivity contribution in [3.8, 4) is 0 Å². The van der Waals surface area contributed by atoms with Gasteiger partial charge in [0.05, 0.1) is 6.67 Å². The van der Waals surface area contributed by atoms with E-state index in [1.54, 1.807) is 4.90 Å². The van der Waals surface area contributed by atoms with Gasteiger partial charge in [0.2, 0.25) is 11.8 Å². The van der Waals surface area contributed by atoms with Crippen LogP contribution in [0.15, 0.2) is 0 Å². The maximum Gasteiger partial charge on any atom is 0.243 e. The van der Waals surface area contributed by atoms with E-state index < -0.39 is 21.5 Å². The Morgan fingerprint density at radius 2 is 2.06 bits per heavy atom. The highest BCUT2D eigenvalue weighted by Crippen LogP contribution is 2.29. The number of sulfone groups is 1. The minimum Gasteiger partial charge on any atom is -0.320 e. The first-order valence-corrected chi connectivity index (χ1v) is 7.18. The van der Waals surface area contributed by atoms with Crippen molar-refractivity contribution in [2.75, 3.05) is 25.2 Å². The molecule has 6 nitrogen and oxygen atoms in total. The molecule has 0 radical (unpaired) electrons. The van der Waals surface area contributed by atoms with E-state index in [1.165, 1.54) is 4.90 Å². The minimum absolute atomic E-state index is 0.0187. The molecule has 0 aromatic rings. The Balaban J connectivity index is 1.97.